The highest BCUT2D eigenvalue weighted by molar-refractivity contribution is 5.71. The molecule has 0 fully saturated rings. The second-order valence-corrected chi connectivity index (χ2v) is 8.45. The van der Waals surface area contributed by atoms with E-state index >= 15 is 0 Å². The van der Waals surface area contributed by atoms with Crippen molar-refractivity contribution in [3.8, 4) is 5.75 Å². The standard InChI is InChI=1S/C20H30O5/c1-19(2,3)14-10-13(11-15(18(14)24)20(4,5)6)12-25-17(23)9-7-8-16(21)22/h10-11,24H,7-9,12H2,1-6H3,(H,21,22). The quantitative estimate of drug-likeness (QED) is 0.748. The van der Waals surface area contributed by atoms with E-state index in [1.54, 1.807) is 0 Å². The molecule has 0 aliphatic heterocycles. The van der Waals surface area contributed by atoms with Crippen LogP contribution in [0.15, 0.2) is 12.1 Å². The number of hydrogen-bond acceptors (Lipinski definition) is 4. The van der Waals surface area contributed by atoms with Crippen molar-refractivity contribution in [1.29, 1.82) is 0 Å². The van der Waals surface area contributed by atoms with Crippen molar-refractivity contribution in [1.82, 2.24) is 0 Å². The lowest BCUT2D eigenvalue weighted by Gasteiger charge is -2.28. The van der Waals surface area contributed by atoms with Crippen molar-refractivity contribution >= 4 is 11.9 Å². The minimum atomic E-state index is -0.920. The summed E-state index contributed by atoms with van der Waals surface area (Å²) in [6.07, 6.45) is 0.309. The van der Waals surface area contributed by atoms with Gasteiger partial charge < -0.3 is 14.9 Å². The van der Waals surface area contributed by atoms with Crippen LogP contribution in [0.2, 0.25) is 0 Å². The molecule has 0 bridgehead atoms. The van der Waals surface area contributed by atoms with Crippen LogP contribution >= 0.6 is 0 Å². The number of phenolic OH excluding ortho intramolecular Hbond substituents is 1. The highest BCUT2D eigenvalue weighted by Crippen LogP contribution is 2.39. The van der Waals surface area contributed by atoms with Gasteiger partial charge in [0.1, 0.15) is 12.4 Å². The Morgan fingerprint density at radius 1 is 0.960 bits per heavy atom. The maximum absolute atomic E-state index is 11.8. The number of carboxylic acids is 1. The molecule has 1 aromatic rings. The molecule has 0 amide bonds. The maximum Gasteiger partial charge on any atom is 0.306 e. The van der Waals surface area contributed by atoms with Crippen LogP contribution in [0.3, 0.4) is 0 Å². The Morgan fingerprint density at radius 3 is 1.84 bits per heavy atom. The highest BCUT2D eigenvalue weighted by atomic mass is 16.5. The Hall–Kier alpha value is -2.04. The van der Waals surface area contributed by atoms with E-state index in [1.165, 1.54) is 0 Å². The number of rotatable bonds is 6. The summed E-state index contributed by atoms with van der Waals surface area (Å²) in [6.45, 7) is 12.3. The number of aromatic hydroxyl groups is 1. The summed E-state index contributed by atoms with van der Waals surface area (Å²) in [5.41, 5.74) is 1.96. The molecule has 0 saturated carbocycles. The molecule has 2 N–H and O–H groups in total. The van der Waals surface area contributed by atoms with E-state index in [0.29, 0.717) is 0 Å². The fourth-order valence-electron chi connectivity index (χ4n) is 2.54. The zero-order chi connectivity index (χ0) is 19.4. The lowest BCUT2D eigenvalue weighted by atomic mass is 9.78. The van der Waals surface area contributed by atoms with Gasteiger partial charge in [0.25, 0.3) is 0 Å². The Kier molecular flexibility index (Phi) is 6.63. The molecule has 0 radical (unpaired) electrons. The van der Waals surface area contributed by atoms with Crippen LogP contribution in [-0.4, -0.2) is 22.2 Å². The van der Waals surface area contributed by atoms with Crippen LogP contribution in [-0.2, 0) is 31.8 Å². The van der Waals surface area contributed by atoms with Crippen molar-refractivity contribution in [2.24, 2.45) is 0 Å². The third-order valence-corrected chi connectivity index (χ3v) is 3.96. The third-order valence-electron chi connectivity index (χ3n) is 3.96. The molecule has 0 aliphatic rings. The Labute approximate surface area is 150 Å². The second-order valence-electron chi connectivity index (χ2n) is 8.45. The third kappa shape index (κ3) is 6.40. The van der Waals surface area contributed by atoms with E-state index in [9.17, 15) is 14.7 Å². The van der Waals surface area contributed by atoms with Gasteiger partial charge in [-0.2, -0.15) is 0 Å². The molecule has 0 atom stereocenters. The Balaban J connectivity index is 2.96. The van der Waals surface area contributed by atoms with Crippen molar-refractivity contribution in [3.63, 3.8) is 0 Å². The monoisotopic (exact) mass is 350 g/mol. The summed E-state index contributed by atoms with van der Waals surface area (Å²) in [4.78, 5) is 22.2. The van der Waals surface area contributed by atoms with Gasteiger partial charge in [-0.25, -0.2) is 0 Å². The smallest absolute Gasteiger partial charge is 0.306 e. The molecule has 0 aromatic heterocycles. The SMILES string of the molecule is CC(C)(C)c1cc(COC(=O)CCCC(=O)O)cc(C(C)(C)C)c1O. The molecule has 0 heterocycles. The number of carbonyl (C=O) groups is 2. The topological polar surface area (TPSA) is 83.8 Å². The molecule has 0 aliphatic carbocycles. The number of aliphatic carboxylic acids is 1. The predicted molar refractivity (Wildman–Crippen MR) is 96.8 cm³/mol. The first kappa shape index (κ1) is 21.0. The Morgan fingerprint density at radius 2 is 1.44 bits per heavy atom. The zero-order valence-corrected chi connectivity index (χ0v) is 16.1. The van der Waals surface area contributed by atoms with Gasteiger partial charge in [-0.15, -0.1) is 0 Å². The van der Waals surface area contributed by atoms with Gasteiger partial charge in [-0.3, -0.25) is 9.59 Å². The molecular formula is C20H30O5. The van der Waals surface area contributed by atoms with Crippen LogP contribution in [0, 0.1) is 0 Å². The van der Waals surface area contributed by atoms with E-state index in [1.807, 2.05) is 53.7 Å². The fraction of sp³-hybridized carbons (Fsp3) is 0.600. The summed E-state index contributed by atoms with van der Waals surface area (Å²) in [5, 5.41) is 19.3. The summed E-state index contributed by atoms with van der Waals surface area (Å²) < 4.78 is 5.27. The summed E-state index contributed by atoms with van der Waals surface area (Å²) in [7, 11) is 0. The van der Waals surface area contributed by atoms with E-state index in [2.05, 4.69) is 0 Å². The largest absolute Gasteiger partial charge is 0.507 e. The summed E-state index contributed by atoms with van der Waals surface area (Å²) in [5.74, 6) is -1.04. The van der Waals surface area contributed by atoms with Crippen molar-refractivity contribution in [2.45, 2.75) is 78.2 Å². The normalized spacial score (nSPS) is 12.1. The number of carboxylic acid groups (broad SMARTS) is 1. The lowest BCUT2D eigenvalue weighted by Crippen LogP contribution is -2.18. The molecule has 1 aromatic carbocycles. The van der Waals surface area contributed by atoms with Crippen molar-refractivity contribution < 1.29 is 24.5 Å². The van der Waals surface area contributed by atoms with Crippen LogP contribution in [0.25, 0.3) is 0 Å². The van der Waals surface area contributed by atoms with Gasteiger partial charge in [0.15, 0.2) is 0 Å². The zero-order valence-electron chi connectivity index (χ0n) is 16.1. The number of carbonyl (C=O) groups excluding carboxylic acids is 1. The summed E-state index contributed by atoms with van der Waals surface area (Å²) >= 11 is 0. The maximum atomic E-state index is 11.8. The van der Waals surface area contributed by atoms with E-state index < -0.39 is 11.9 Å². The fourth-order valence-corrected chi connectivity index (χ4v) is 2.54. The molecule has 0 unspecified atom stereocenters. The minimum absolute atomic E-state index is 0.0450. The molecule has 0 saturated heterocycles. The minimum Gasteiger partial charge on any atom is -0.507 e. The van der Waals surface area contributed by atoms with Gasteiger partial charge in [0, 0.05) is 12.8 Å². The molecule has 140 valence electrons. The van der Waals surface area contributed by atoms with Crippen molar-refractivity contribution in [2.75, 3.05) is 0 Å². The predicted octanol–water partition coefficient (Wildman–Crippen LogP) is 4.29. The van der Waals surface area contributed by atoms with Crippen LogP contribution in [0.1, 0.15) is 77.5 Å². The van der Waals surface area contributed by atoms with Gasteiger partial charge in [0.05, 0.1) is 0 Å². The lowest BCUT2D eigenvalue weighted by molar-refractivity contribution is -0.145. The van der Waals surface area contributed by atoms with Gasteiger partial charge >= 0.3 is 11.9 Å². The number of benzene rings is 1. The highest BCUT2D eigenvalue weighted by Gasteiger charge is 2.26. The van der Waals surface area contributed by atoms with Crippen LogP contribution in [0.5, 0.6) is 5.75 Å². The summed E-state index contributed by atoms with van der Waals surface area (Å²) in [6, 6.07) is 3.74. The number of ether oxygens (including phenoxy) is 1. The van der Waals surface area contributed by atoms with E-state index in [-0.39, 0.29) is 42.4 Å². The van der Waals surface area contributed by atoms with Crippen LogP contribution in [0.4, 0.5) is 0 Å². The molecule has 0 spiro atoms. The van der Waals surface area contributed by atoms with Gasteiger partial charge in [0.2, 0.25) is 0 Å². The molecule has 5 nitrogen and oxygen atoms in total. The number of phenols is 1. The average Bonchev–Trinajstić information content (AvgIpc) is 2.43. The molecule has 25 heavy (non-hydrogen) atoms. The van der Waals surface area contributed by atoms with Crippen LogP contribution < -0.4 is 0 Å². The first-order valence-corrected chi connectivity index (χ1v) is 8.56. The van der Waals surface area contributed by atoms with E-state index in [0.717, 1.165) is 16.7 Å². The first-order valence-electron chi connectivity index (χ1n) is 8.56. The molecular weight excluding hydrogens is 320 g/mol. The van der Waals surface area contributed by atoms with Gasteiger partial charge in [-0.1, -0.05) is 41.5 Å². The first-order chi connectivity index (χ1) is 11.3. The molecule has 1 rings (SSSR count). The second kappa shape index (κ2) is 7.89. The average molecular weight is 350 g/mol. The van der Waals surface area contributed by atoms with E-state index in [4.69, 9.17) is 9.84 Å². The Bertz CT molecular complexity index is 597. The number of hydrogen-bond donors (Lipinski definition) is 2. The molecule has 5 heteroatoms. The van der Waals surface area contributed by atoms with Gasteiger partial charge in [-0.05, 0) is 46.1 Å². The number of esters is 1. The van der Waals surface area contributed by atoms with Crippen molar-refractivity contribution in [3.05, 3.63) is 28.8 Å².